The van der Waals surface area contributed by atoms with Crippen molar-refractivity contribution < 1.29 is 14.6 Å². The summed E-state index contributed by atoms with van der Waals surface area (Å²) in [7, 11) is 0. The number of rotatable bonds is 5. The summed E-state index contributed by atoms with van der Waals surface area (Å²) in [6, 6.07) is 16.6. The molecular formula is C21H23NO3. The van der Waals surface area contributed by atoms with Crippen LogP contribution in [0.25, 0.3) is 11.1 Å². The van der Waals surface area contributed by atoms with Crippen molar-refractivity contribution in [1.29, 1.82) is 0 Å². The maximum absolute atomic E-state index is 12.0. The second-order valence-electron chi connectivity index (χ2n) is 7.08. The summed E-state index contributed by atoms with van der Waals surface area (Å²) < 4.78 is 5.47. The number of benzene rings is 2. The van der Waals surface area contributed by atoms with Crippen LogP contribution < -0.4 is 5.32 Å². The van der Waals surface area contributed by atoms with E-state index in [9.17, 15) is 9.90 Å². The summed E-state index contributed by atoms with van der Waals surface area (Å²) in [6.45, 7) is 0.775. The van der Waals surface area contributed by atoms with Crippen LogP contribution in [-0.2, 0) is 4.74 Å². The first-order chi connectivity index (χ1) is 12.2. The molecule has 1 amide bonds. The molecule has 0 atom stereocenters. The summed E-state index contributed by atoms with van der Waals surface area (Å²) >= 11 is 0. The highest BCUT2D eigenvalue weighted by Gasteiger charge is 2.34. The number of fused-ring (bicyclic) bond motifs is 3. The molecule has 2 aromatic carbocycles. The molecule has 0 spiro atoms. The number of hydrogen-bond donors (Lipinski definition) is 2. The Hall–Kier alpha value is -2.33. The Balaban J connectivity index is 1.37. The minimum Gasteiger partial charge on any atom is -0.449 e. The van der Waals surface area contributed by atoms with Gasteiger partial charge >= 0.3 is 6.09 Å². The molecule has 4 rings (SSSR count). The Morgan fingerprint density at radius 3 is 2.24 bits per heavy atom. The molecule has 0 aromatic heterocycles. The highest BCUT2D eigenvalue weighted by Crippen LogP contribution is 2.44. The minimum absolute atomic E-state index is 0.0777. The zero-order valence-corrected chi connectivity index (χ0v) is 14.2. The summed E-state index contributed by atoms with van der Waals surface area (Å²) in [5.74, 6) is 0.0777. The lowest BCUT2D eigenvalue weighted by atomic mass is 9.78. The number of carbonyl (C=O) groups is 1. The zero-order valence-electron chi connectivity index (χ0n) is 14.2. The number of carbonyl (C=O) groups excluding carboxylic acids is 1. The molecule has 130 valence electrons. The van der Waals surface area contributed by atoms with Crippen LogP contribution in [0.15, 0.2) is 48.5 Å². The van der Waals surface area contributed by atoms with Crippen molar-refractivity contribution >= 4 is 6.09 Å². The monoisotopic (exact) mass is 337 g/mol. The van der Waals surface area contributed by atoms with Crippen molar-refractivity contribution in [2.75, 3.05) is 13.2 Å². The number of ether oxygens (including phenoxy) is 1. The smallest absolute Gasteiger partial charge is 0.407 e. The Kier molecular flexibility index (Phi) is 4.22. The van der Waals surface area contributed by atoms with Crippen LogP contribution in [0, 0.1) is 0 Å². The van der Waals surface area contributed by atoms with Gasteiger partial charge in [0.1, 0.15) is 6.61 Å². The van der Waals surface area contributed by atoms with E-state index in [2.05, 4.69) is 29.6 Å². The van der Waals surface area contributed by atoms with Crippen molar-refractivity contribution in [3.8, 4) is 11.1 Å². The van der Waals surface area contributed by atoms with Crippen molar-refractivity contribution in [2.45, 2.75) is 37.2 Å². The lowest BCUT2D eigenvalue weighted by Gasteiger charge is -2.36. The van der Waals surface area contributed by atoms with E-state index in [4.69, 9.17) is 4.74 Å². The van der Waals surface area contributed by atoms with E-state index in [0.717, 1.165) is 19.3 Å². The van der Waals surface area contributed by atoms with E-state index in [0.29, 0.717) is 19.6 Å². The van der Waals surface area contributed by atoms with E-state index >= 15 is 0 Å². The zero-order chi connectivity index (χ0) is 17.3. The van der Waals surface area contributed by atoms with Crippen molar-refractivity contribution in [3.63, 3.8) is 0 Å². The topological polar surface area (TPSA) is 58.6 Å². The van der Waals surface area contributed by atoms with Crippen LogP contribution in [0.3, 0.4) is 0 Å². The normalized spacial score (nSPS) is 17.3. The molecule has 0 saturated heterocycles. The third-order valence-electron chi connectivity index (χ3n) is 5.49. The molecule has 4 nitrogen and oxygen atoms in total. The predicted molar refractivity (Wildman–Crippen MR) is 96.5 cm³/mol. The van der Waals surface area contributed by atoms with Crippen LogP contribution in [0.1, 0.15) is 42.7 Å². The van der Waals surface area contributed by atoms with Gasteiger partial charge in [0.2, 0.25) is 0 Å². The van der Waals surface area contributed by atoms with Crippen LogP contribution in [-0.4, -0.2) is 30.0 Å². The van der Waals surface area contributed by atoms with Gasteiger partial charge in [-0.1, -0.05) is 48.5 Å². The lowest BCUT2D eigenvalue weighted by Crippen LogP contribution is -2.40. The van der Waals surface area contributed by atoms with E-state index in [-0.39, 0.29) is 5.92 Å². The third-order valence-corrected chi connectivity index (χ3v) is 5.49. The standard InChI is InChI=1S/C21H23NO3/c23-20(22-13-12-21(24)10-5-11-21)25-14-19-17-8-3-1-6-15(17)16-7-2-4-9-18(16)19/h1-4,6-9,19,24H,5,10-14H2,(H,22,23). The molecule has 2 aromatic rings. The van der Waals surface area contributed by atoms with E-state index in [1.807, 2.05) is 24.3 Å². The summed E-state index contributed by atoms with van der Waals surface area (Å²) in [4.78, 5) is 12.0. The minimum atomic E-state index is -0.573. The quantitative estimate of drug-likeness (QED) is 0.872. The Morgan fingerprint density at radius 1 is 1.08 bits per heavy atom. The molecule has 1 saturated carbocycles. The average molecular weight is 337 g/mol. The molecule has 0 radical (unpaired) electrons. The highest BCUT2D eigenvalue weighted by atomic mass is 16.5. The Labute approximate surface area is 147 Å². The van der Waals surface area contributed by atoms with E-state index in [1.165, 1.54) is 22.3 Å². The molecule has 2 aliphatic rings. The SMILES string of the molecule is O=C(NCCC1(O)CCC1)OCC1c2ccccc2-c2ccccc21. The van der Waals surface area contributed by atoms with E-state index < -0.39 is 11.7 Å². The molecule has 0 bridgehead atoms. The molecule has 1 fully saturated rings. The molecule has 4 heteroatoms. The number of nitrogens with one attached hydrogen (secondary N) is 1. The van der Waals surface area contributed by atoms with Gasteiger partial charge in [0.05, 0.1) is 5.60 Å². The maximum atomic E-state index is 12.0. The number of amides is 1. The molecule has 0 heterocycles. The fraction of sp³-hybridized carbons (Fsp3) is 0.381. The summed E-state index contributed by atoms with van der Waals surface area (Å²) in [5, 5.41) is 12.8. The van der Waals surface area contributed by atoms with Gasteiger partial charge in [0.25, 0.3) is 0 Å². The fourth-order valence-electron chi connectivity index (χ4n) is 3.88. The second kappa shape index (κ2) is 6.52. The van der Waals surface area contributed by atoms with Crippen LogP contribution >= 0.6 is 0 Å². The second-order valence-corrected chi connectivity index (χ2v) is 7.08. The summed E-state index contributed by atoms with van der Waals surface area (Å²) in [5.41, 5.74) is 4.29. The van der Waals surface area contributed by atoms with Crippen LogP contribution in [0.5, 0.6) is 0 Å². The average Bonchev–Trinajstić information content (AvgIpc) is 2.92. The Morgan fingerprint density at radius 2 is 1.68 bits per heavy atom. The first-order valence-corrected chi connectivity index (χ1v) is 8.98. The highest BCUT2D eigenvalue weighted by molar-refractivity contribution is 5.79. The molecule has 0 unspecified atom stereocenters. The molecular weight excluding hydrogens is 314 g/mol. The number of hydrogen-bond acceptors (Lipinski definition) is 3. The van der Waals surface area contributed by atoms with Gasteiger partial charge in [0, 0.05) is 12.5 Å². The predicted octanol–water partition coefficient (Wildman–Crippen LogP) is 3.83. The first-order valence-electron chi connectivity index (χ1n) is 8.98. The van der Waals surface area contributed by atoms with Gasteiger partial charge in [-0.25, -0.2) is 4.79 Å². The third kappa shape index (κ3) is 3.14. The maximum Gasteiger partial charge on any atom is 0.407 e. The molecule has 0 aliphatic heterocycles. The fourth-order valence-corrected chi connectivity index (χ4v) is 3.88. The largest absolute Gasteiger partial charge is 0.449 e. The first kappa shape index (κ1) is 16.2. The van der Waals surface area contributed by atoms with Gasteiger partial charge in [-0.15, -0.1) is 0 Å². The lowest BCUT2D eigenvalue weighted by molar-refractivity contribution is -0.0392. The van der Waals surface area contributed by atoms with E-state index in [1.54, 1.807) is 0 Å². The van der Waals surface area contributed by atoms with Gasteiger partial charge in [-0.3, -0.25) is 0 Å². The van der Waals surface area contributed by atoms with Crippen LogP contribution in [0.4, 0.5) is 4.79 Å². The van der Waals surface area contributed by atoms with Gasteiger partial charge in [0.15, 0.2) is 0 Å². The molecule has 2 N–H and O–H groups in total. The van der Waals surface area contributed by atoms with Gasteiger partial charge in [-0.2, -0.15) is 0 Å². The number of alkyl carbamates (subject to hydrolysis) is 1. The molecule has 25 heavy (non-hydrogen) atoms. The van der Waals surface area contributed by atoms with Crippen LogP contribution in [0.2, 0.25) is 0 Å². The summed E-state index contributed by atoms with van der Waals surface area (Å²) in [6.07, 6.45) is 2.92. The Bertz CT molecular complexity index is 737. The van der Waals surface area contributed by atoms with Crippen molar-refractivity contribution in [1.82, 2.24) is 5.32 Å². The van der Waals surface area contributed by atoms with Gasteiger partial charge in [-0.05, 0) is 47.9 Å². The number of aliphatic hydroxyl groups is 1. The molecule has 2 aliphatic carbocycles. The van der Waals surface area contributed by atoms with Crippen molar-refractivity contribution in [3.05, 3.63) is 59.7 Å². The van der Waals surface area contributed by atoms with Crippen molar-refractivity contribution in [2.24, 2.45) is 0 Å². The van der Waals surface area contributed by atoms with Gasteiger partial charge < -0.3 is 15.2 Å².